The summed E-state index contributed by atoms with van der Waals surface area (Å²) in [6.45, 7) is 0.104. The maximum absolute atomic E-state index is 11.8. The van der Waals surface area contributed by atoms with E-state index >= 15 is 0 Å². The number of carbonyl (C=O) groups is 1. The van der Waals surface area contributed by atoms with E-state index in [0.717, 1.165) is 24.7 Å². The van der Waals surface area contributed by atoms with Crippen LogP contribution in [0.5, 0.6) is 0 Å². The van der Waals surface area contributed by atoms with E-state index in [1.165, 1.54) is 0 Å². The molecule has 0 aliphatic carbocycles. The van der Waals surface area contributed by atoms with Gasteiger partial charge in [0.1, 0.15) is 0 Å². The number of aromatic nitrogens is 1. The van der Waals surface area contributed by atoms with E-state index in [1.807, 2.05) is 12.1 Å². The van der Waals surface area contributed by atoms with Crippen LogP contribution in [0.2, 0.25) is 0 Å². The predicted octanol–water partition coefficient (Wildman–Crippen LogP) is 3.93. The summed E-state index contributed by atoms with van der Waals surface area (Å²) >= 11 is 10.3. The molecule has 1 amide bonds. The smallest absolute Gasteiger partial charge is 0.259 e. The van der Waals surface area contributed by atoms with Crippen LogP contribution in [0.25, 0.3) is 0 Å². The number of halogens is 3. The Balaban J connectivity index is 1.87. The molecule has 5 nitrogen and oxygen atoms in total. The van der Waals surface area contributed by atoms with Crippen LogP contribution >= 0.6 is 47.8 Å². The Labute approximate surface area is 153 Å². The van der Waals surface area contributed by atoms with Gasteiger partial charge in [-0.25, -0.2) is 5.43 Å². The second kappa shape index (κ2) is 8.40. The highest BCUT2D eigenvalue weighted by Crippen LogP contribution is 2.34. The number of anilines is 1. The zero-order chi connectivity index (χ0) is 15.9. The van der Waals surface area contributed by atoms with Gasteiger partial charge in [-0.05, 0) is 61.7 Å². The Morgan fingerprint density at radius 2 is 1.82 bits per heavy atom. The van der Waals surface area contributed by atoms with E-state index in [4.69, 9.17) is 0 Å². The topological polar surface area (TPSA) is 66.4 Å². The molecule has 0 aliphatic heterocycles. The maximum atomic E-state index is 11.8. The van der Waals surface area contributed by atoms with Gasteiger partial charge < -0.3 is 5.32 Å². The monoisotopic (exact) mass is 488 g/mol. The van der Waals surface area contributed by atoms with Gasteiger partial charge in [0.15, 0.2) is 0 Å². The minimum absolute atomic E-state index is 0.104. The van der Waals surface area contributed by atoms with Crippen molar-refractivity contribution in [1.82, 2.24) is 10.4 Å². The van der Waals surface area contributed by atoms with E-state index in [0.29, 0.717) is 0 Å². The summed E-state index contributed by atoms with van der Waals surface area (Å²) in [5.41, 5.74) is 4.12. The molecule has 0 spiro atoms. The van der Waals surface area contributed by atoms with Gasteiger partial charge in [-0.15, -0.1) is 0 Å². The summed E-state index contributed by atoms with van der Waals surface area (Å²) < 4.78 is 2.63. The molecule has 1 aromatic carbocycles. The lowest BCUT2D eigenvalue weighted by Gasteiger charge is -2.10. The highest BCUT2D eigenvalue weighted by atomic mass is 79.9. The lowest BCUT2D eigenvalue weighted by molar-refractivity contribution is -0.119. The van der Waals surface area contributed by atoms with E-state index in [1.54, 1.807) is 30.7 Å². The quantitative estimate of drug-likeness (QED) is 0.493. The molecule has 0 unspecified atom stereocenters. The first-order chi connectivity index (χ1) is 10.6. The van der Waals surface area contributed by atoms with Crippen LogP contribution in [0, 0.1) is 0 Å². The van der Waals surface area contributed by atoms with E-state index < -0.39 is 0 Å². The third-order valence-corrected chi connectivity index (χ3v) is 4.25. The fourth-order valence-electron chi connectivity index (χ4n) is 1.55. The molecule has 1 aromatic heterocycles. The minimum Gasteiger partial charge on any atom is -0.374 e. The van der Waals surface area contributed by atoms with Crippen molar-refractivity contribution < 1.29 is 4.79 Å². The Morgan fingerprint density at radius 1 is 1.18 bits per heavy atom. The van der Waals surface area contributed by atoms with Crippen molar-refractivity contribution in [2.24, 2.45) is 5.10 Å². The second-order valence-corrected chi connectivity index (χ2v) is 6.80. The Hall–Kier alpha value is -1.25. The van der Waals surface area contributed by atoms with E-state index in [9.17, 15) is 4.79 Å². The Bertz CT molecular complexity index is 669. The van der Waals surface area contributed by atoms with Crippen molar-refractivity contribution >= 4 is 65.6 Å². The molecule has 2 rings (SSSR count). The largest absolute Gasteiger partial charge is 0.374 e. The fraction of sp³-hybridized carbons (Fsp3) is 0.0714. The molecule has 1 heterocycles. The van der Waals surface area contributed by atoms with Gasteiger partial charge in [-0.3, -0.25) is 9.78 Å². The SMILES string of the molecule is O=C(CNc1c(Br)cc(Br)cc1Br)NN=Cc1ccncc1. The summed E-state index contributed by atoms with van der Waals surface area (Å²) in [5.74, 6) is -0.243. The Kier molecular flexibility index (Phi) is 6.53. The van der Waals surface area contributed by atoms with Crippen LogP contribution in [0.15, 0.2) is 55.2 Å². The van der Waals surface area contributed by atoms with Gasteiger partial charge >= 0.3 is 0 Å². The van der Waals surface area contributed by atoms with Gasteiger partial charge in [-0.1, -0.05) is 15.9 Å². The van der Waals surface area contributed by atoms with Crippen LogP contribution in [0.3, 0.4) is 0 Å². The third kappa shape index (κ3) is 5.19. The Morgan fingerprint density at radius 3 is 2.45 bits per heavy atom. The maximum Gasteiger partial charge on any atom is 0.259 e. The lowest BCUT2D eigenvalue weighted by atomic mass is 10.3. The zero-order valence-electron chi connectivity index (χ0n) is 11.2. The zero-order valence-corrected chi connectivity index (χ0v) is 15.9. The molecule has 0 aliphatic rings. The molecule has 8 heteroatoms. The van der Waals surface area contributed by atoms with Crippen molar-refractivity contribution in [2.75, 3.05) is 11.9 Å². The molecular formula is C14H11Br3N4O. The average molecular weight is 491 g/mol. The van der Waals surface area contributed by atoms with Crippen molar-refractivity contribution in [2.45, 2.75) is 0 Å². The number of hydrogen-bond acceptors (Lipinski definition) is 4. The molecule has 114 valence electrons. The molecule has 0 bridgehead atoms. The molecule has 0 atom stereocenters. The number of hydrazone groups is 1. The first kappa shape index (κ1) is 17.1. The number of rotatable bonds is 5. The van der Waals surface area contributed by atoms with Gasteiger partial charge in [-0.2, -0.15) is 5.10 Å². The van der Waals surface area contributed by atoms with Gasteiger partial charge in [0, 0.05) is 25.8 Å². The highest BCUT2D eigenvalue weighted by Gasteiger charge is 2.08. The molecule has 2 N–H and O–H groups in total. The van der Waals surface area contributed by atoms with Crippen LogP contribution in [-0.2, 0) is 4.79 Å². The summed E-state index contributed by atoms with van der Waals surface area (Å²) in [5, 5.41) is 6.94. The number of pyridine rings is 1. The van der Waals surface area contributed by atoms with Crippen molar-refractivity contribution in [1.29, 1.82) is 0 Å². The molecule has 0 saturated heterocycles. The molecule has 0 radical (unpaired) electrons. The fourth-order valence-corrected chi connectivity index (χ4v) is 4.09. The van der Waals surface area contributed by atoms with Crippen LogP contribution in [-0.4, -0.2) is 23.7 Å². The lowest BCUT2D eigenvalue weighted by Crippen LogP contribution is -2.26. The standard InChI is InChI=1S/C14H11Br3N4O/c15-10-5-11(16)14(12(17)6-10)19-8-13(22)21-20-7-9-1-3-18-4-2-9/h1-7,19H,8H2,(H,21,22). The third-order valence-electron chi connectivity index (χ3n) is 2.54. The van der Waals surface area contributed by atoms with Crippen LogP contribution < -0.4 is 10.7 Å². The van der Waals surface area contributed by atoms with Crippen LogP contribution in [0.1, 0.15) is 5.56 Å². The molecule has 2 aromatic rings. The van der Waals surface area contributed by atoms with Gasteiger partial charge in [0.2, 0.25) is 0 Å². The van der Waals surface area contributed by atoms with Gasteiger partial charge in [0.25, 0.3) is 5.91 Å². The normalized spacial score (nSPS) is 10.7. The summed E-state index contributed by atoms with van der Waals surface area (Å²) in [6, 6.07) is 7.38. The predicted molar refractivity (Wildman–Crippen MR) is 98.0 cm³/mol. The number of hydrogen-bond donors (Lipinski definition) is 2. The van der Waals surface area contributed by atoms with Crippen molar-refractivity contribution in [3.8, 4) is 0 Å². The first-order valence-electron chi connectivity index (χ1n) is 6.16. The molecular weight excluding hydrogens is 480 g/mol. The summed E-state index contributed by atoms with van der Waals surface area (Å²) in [6.07, 6.45) is 4.88. The van der Waals surface area contributed by atoms with Crippen molar-refractivity contribution in [3.05, 3.63) is 55.6 Å². The second-order valence-electron chi connectivity index (χ2n) is 4.17. The molecule has 0 saturated carbocycles. The van der Waals surface area contributed by atoms with Crippen LogP contribution in [0.4, 0.5) is 5.69 Å². The number of nitrogens with one attached hydrogen (secondary N) is 2. The number of benzene rings is 1. The molecule has 22 heavy (non-hydrogen) atoms. The summed E-state index contributed by atoms with van der Waals surface area (Å²) in [7, 11) is 0. The van der Waals surface area contributed by atoms with E-state index in [2.05, 4.69) is 68.6 Å². The number of carbonyl (C=O) groups excluding carboxylic acids is 1. The minimum atomic E-state index is -0.243. The van der Waals surface area contributed by atoms with Gasteiger partial charge in [0.05, 0.1) is 18.4 Å². The molecule has 0 fully saturated rings. The highest BCUT2D eigenvalue weighted by molar-refractivity contribution is 9.11. The first-order valence-corrected chi connectivity index (χ1v) is 8.54. The van der Waals surface area contributed by atoms with E-state index in [-0.39, 0.29) is 12.5 Å². The number of nitrogens with zero attached hydrogens (tertiary/aromatic N) is 2. The average Bonchev–Trinajstić information content (AvgIpc) is 2.47. The number of amides is 1. The summed E-state index contributed by atoms with van der Waals surface area (Å²) in [4.78, 5) is 15.7. The van der Waals surface area contributed by atoms with Crippen molar-refractivity contribution in [3.63, 3.8) is 0 Å².